The van der Waals surface area contributed by atoms with Gasteiger partial charge in [0.2, 0.25) is 11.8 Å². The maximum Gasteiger partial charge on any atom is 0.250 e. The third kappa shape index (κ3) is 3.99. The van der Waals surface area contributed by atoms with Crippen molar-refractivity contribution in [2.45, 2.75) is 43.9 Å². The van der Waals surface area contributed by atoms with E-state index in [0.717, 1.165) is 11.1 Å². The average Bonchev–Trinajstić information content (AvgIpc) is 3.17. The molecule has 0 radical (unpaired) electrons. The van der Waals surface area contributed by atoms with Gasteiger partial charge in [0.1, 0.15) is 0 Å². The molecule has 2 aromatic carbocycles. The average molecular weight is 409 g/mol. The Labute approximate surface area is 176 Å². The maximum atomic E-state index is 13.6. The molecule has 0 saturated carbocycles. The molecule has 0 spiro atoms. The fraction of sp³-hybridized carbons (Fsp3) is 0.348. The highest BCUT2D eigenvalue weighted by atomic mass is 16.2. The fourth-order valence-electron chi connectivity index (χ4n) is 4.10. The number of carbonyl (C=O) groups is 3. The second kappa shape index (κ2) is 9.19. The Morgan fingerprint density at radius 2 is 1.77 bits per heavy atom. The molecule has 7 heteroatoms. The van der Waals surface area contributed by atoms with E-state index in [0.29, 0.717) is 18.5 Å². The summed E-state index contributed by atoms with van der Waals surface area (Å²) < 4.78 is 0. The number of hydrogen-bond acceptors (Lipinski definition) is 5. The molecule has 2 amide bonds. The normalized spacial score (nSPS) is 19.5. The molecule has 1 aliphatic rings. The Kier molecular flexibility index (Phi) is 6.64. The second-order valence-corrected chi connectivity index (χ2v) is 7.46. The van der Waals surface area contributed by atoms with E-state index in [9.17, 15) is 14.4 Å². The number of nitrogens with two attached hydrogens (primary N) is 1. The van der Waals surface area contributed by atoms with Gasteiger partial charge >= 0.3 is 0 Å². The van der Waals surface area contributed by atoms with Crippen LogP contribution >= 0.6 is 0 Å². The molecular weight excluding hydrogens is 380 g/mol. The van der Waals surface area contributed by atoms with Crippen LogP contribution in [0.5, 0.6) is 0 Å². The summed E-state index contributed by atoms with van der Waals surface area (Å²) in [7, 11) is 1.73. The van der Waals surface area contributed by atoms with Crippen LogP contribution in [0.15, 0.2) is 54.6 Å². The van der Waals surface area contributed by atoms with Crippen LogP contribution in [-0.2, 0) is 26.5 Å². The molecule has 1 heterocycles. The van der Waals surface area contributed by atoms with Gasteiger partial charge in [0.25, 0.3) is 0 Å². The maximum absolute atomic E-state index is 13.6. The number of carbonyl (C=O) groups excluding carboxylic acids is 3. The zero-order valence-corrected chi connectivity index (χ0v) is 17.3. The highest BCUT2D eigenvalue weighted by Crippen LogP contribution is 2.35. The monoisotopic (exact) mass is 408 g/mol. The van der Waals surface area contributed by atoms with Crippen LogP contribution in [0.2, 0.25) is 0 Å². The van der Waals surface area contributed by atoms with Crippen LogP contribution in [0.4, 0.5) is 0 Å². The molecule has 2 aromatic rings. The Hall–Kier alpha value is -3.03. The van der Waals surface area contributed by atoms with Crippen molar-refractivity contribution in [3.8, 4) is 0 Å². The van der Waals surface area contributed by atoms with Gasteiger partial charge in [-0.3, -0.25) is 25.0 Å². The zero-order chi connectivity index (χ0) is 21.7. The Bertz CT molecular complexity index is 931. The smallest absolute Gasteiger partial charge is 0.250 e. The van der Waals surface area contributed by atoms with Gasteiger partial charge < -0.3 is 11.1 Å². The van der Waals surface area contributed by atoms with Gasteiger partial charge in [0, 0.05) is 25.3 Å². The second-order valence-electron chi connectivity index (χ2n) is 7.46. The van der Waals surface area contributed by atoms with E-state index >= 15 is 0 Å². The largest absolute Gasteiger partial charge is 0.367 e. The summed E-state index contributed by atoms with van der Waals surface area (Å²) in [5.41, 5.74) is 6.56. The summed E-state index contributed by atoms with van der Waals surface area (Å²) in [6, 6.07) is 16.8. The number of hydrogen-bond donors (Lipinski definition) is 4. The lowest BCUT2D eigenvalue weighted by atomic mass is 9.79. The number of nitrogens with one attached hydrogen (secondary N) is 3. The molecule has 5 N–H and O–H groups in total. The van der Waals surface area contributed by atoms with Crippen LogP contribution < -0.4 is 21.7 Å². The van der Waals surface area contributed by atoms with Crippen LogP contribution in [0.3, 0.4) is 0 Å². The van der Waals surface area contributed by atoms with Gasteiger partial charge in [-0.15, -0.1) is 0 Å². The van der Waals surface area contributed by atoms with E-state index in [1.807, 2.05) is 42.5 Å². The van der Waals surface area contributed by atoms with E-state index in [1.54, 1.807) is 26.1 Å². The SMILES string of the molecule is CCC(=O)NC(NC)C(CC(=O)C1(C(N)=O)NCc2ccccc21)c1ccccc1. The lowest BCUT2D eigenvalue weighted by Gasteiger charge is -2.32. The Balaban J connectivity index is 1.98. The van der Waals surface area contributed by atoms with Crippen molar-refractivity contribution in [2.75, 3.05) is 7.05 Å². The lowest BCUT2D eigenvalue weighted by molar-refractivity contribution is -0.136. The van der Waals surface area contributed by atoms with Crippen molar-refractivity contribution in [1.29, 1.82) is 0 Å². The molecule has 0 saturated heterocycles. The van der Waals surface area contributed by atoms with Crippen molar-refractivity contribution in [2.24, 2.45) is 5.73 Å². The molecular formula is C23H28N4O3. The molecule has 0 bridgehead atoms. The molecule has 0 aromatic heterocycles. The number of benzene rings is 2. The summed E-state index contributed by atoms with van der Waals surface area (Å²) in [6.07, 6.45) is -0.136. The third-order valence-corrected chi connectivity index (χ3v) is 5.74. The summed E-state index contributed by atoms with van der Waals surface area (Å²) in [5, 5.41) is 9.10. The Morgan fingerprint density at radius 1 is 1.10 bits per heavy atom. The first kappa shape index (κ1) is 21.7. The number of likely N-dealkylation sites (N-methyl/N-ethyl adjacent to an activating group) is 1. The number of rotatable bonds is 9. The highest BCUT2D eigenvalue weighted by Gasteiger charge is 2.50. The van der Waals surface area contributed by atoms with Gasteiger partial charge in [0.15, 0.2) is 11.3 Å². The number of amides is 2. The quantitative estimate of drug-likeness (QED) is 0.369. The van der Waals surface area contributed by atoms with E-state index in [2.05, 4.69) is 16.0 Å². The number of ketones is 1. The van der Waals surface area contributed by atoms with Crippen molar-refractivity contribution < 1.29 is 14.4 Å². The molecule has 3 atom stereocenters. The molecule has 3 rings (SSSR count). The molecule has 158 valence electrons. The summed E-state index contributed by atoms with van der Waals surface area (Å²) in [4.78, 5) is 38.3. The summed E-state index contributed by atoms with van der Waals surface area (Å²) >= 11 is 0. The summed E-state index contributed by atoms with van der Waals surface area (Å²) in [5.74, 6) is -1.55. The van der Waals surface area contributed by atoms with E-state index < -0.39 is 17.6 Å². The first-order valence-electron chi connectivity index (χ1n) is 10.1. The fourth-order valence-corrected chi connectivity index (χ4v) is 4.10. The van der Waals surface area contributed by atoms with Crippen LogP contribution in [-0.4, -0.2) is 30.8 Å². The third-order valence-electron chi connectivity index (χ3n) is 5.74. The zero-order valence-electron chi connectivity index (χ0n) is 17.3. The minimum absolute atomic E-state index is 0.0176. The topological polar surface area (TPSA) is 113 Å². The first-order valence-corrected chi connectivity index (χ1v) is 10.1. The van der Waals surface area contributed by atoms with Gasteiger partial charge in [-0.1, -0.05) is 61.5 Å². The molecule has 30 heavy (non-hydrogen) atoms. The van der Waals surface area contributed by atoms with Gasteiger partial charge in [-0.25, -0.2) is 0 Å². The first-order chi connectivity index (χ1) is 14.4. The predicted molar refractivity (Wildman–Crippen MR) is 114 cm³/mol. The van der Waals surface area contributed by atoms with Crippen molar-refractivity contribution in [3.63, 3.8) is 0 Å². The molecule has 1 aliphatic heterocycles. The van der Waals surface area contributed by atoms with Crippen molar-refractivity contribution in [3.05, 3.63) is 71.3 Å². The predicted octanol–water partition coefficient (Wildman–Crippen LogP) is 1.29. The Morgan fingerprint density at radius 3 is 2.40 bits per heavy atom. The lowest BCUT2D eigenvalue weighted by Crippen LogP contribution is -2.56. The molecule has 0 aliphatic carbocycles. The van der Waals surface area contributed by atoms with Gasteiger partial charge in [-0.2, -0.15) is 0 Å². The summed E-state index contributed by atoms with van der Waals surface area (Å²) in [6.45, 7) is 2.16. The van der Waals surface area contributed by atoms with E-state index in [1.165, 1.54) is 0 Å². The highest BCUT2D eigenvalue weighted by molar-refractivity contribution is 6.11. The number of primary amides is 1. The van der Waals surface area contributed by atoms with Crippen molar-refractivity contribution in [1.82, 2.24) is 16.0 Å². The van der Waals surface area contributed by atoms with Crippen molar-refractivity contribution >= 4 is 17.6 Å². The van der Waals surface area contributed by atoms with Crippen LogP contribution in [0, 0.1) is 0 Å². The number of fused-ring (bicyclic) bond motifs is 1. The van der Waals surface area contributed by atoms with Crippen LogP contribution in [0.25, 0.3) is 0 Å². The van der Waals surface area contributed by atoms with Crippen LogP contribution in [0.1, 0.15) is 42.4 Å². The molecule has 0 fully saturated rings. The molecule has 3 unspecified atom stereocenters. The number of Topliss-reactive ketones (excluding diaryl/α,β-unsaturated/α-hetero) is 1. The van der Waals surface area contributed by atoms with E-state index in [-0.39, 0.29) is 24.0 Å². The minimum atomic E-state index is -1.57. The minimum Gasteiger partial charge on any atom is -0.367 e. The van der Waals surface area contributed by atoms with E-state index in [4.69, 9.17) is 5.73 Å². The standard InChI is InChI=1S/C23H28N4O3/c1-3-20(29)27-21(25-2)17(15-9-5-4-6-10-15)13-19(28)23(22(24)30)18-12-8-7-11-16(18)14-26-23/h4-12,17,21,25-26H,3,13-14H2,1-2H3,(H2,24,30)(H,27,29). The van der Waals surface area contributed by atoms with Gasteiger partial charge in [-0.05, 0) is 23.7 Å². The van der Waals surface area contributed by atoms with Gasteiger partial charge in [0.05, 0.1) is 6.17 Å². The molecule has 7 nitrogen and oxygen atoms in total.